The molecule has 0 aromatic heterocycles. The predicted molar refractivity (Wildman–Crippen MR) is 68.2 cm³/mol. The minimum absolute atomic E-state index is 0.0366. The number of hydrogen-bond acceptors (Lipinski definition) is 2. The Morgan fingerprint density at radius 3 is 2.40 bits per heavy atom. The molecular formula is C15H16F3NO. The largest absolute Gasteiger partial charge is 0.490 e. The van der Waals surface area contributed by atoms with Crippen LogP contribution in [0.5, 0.6) is 5.75 Å². The van der Waals surface area contributed by atoms with E-state index in [4.69, 9.17) is 10.00 Å². The van der Waals surface area contributed by atoms with Crippen molar-refractivity contribution in [3.63, 3.8) is 0 Å². The smallest absolute Gasteiger partial charge is 0.417 e. The van der Waals surface area contributed by atoms with Gasteiger partial charge in [0.2, 0.25) is 0 Å². The molecule has 0 amide bonds. The second-order valence-corrected chi connectivity index (χ2v) is 5.32. The normalized spacial score (nSPS) is 23.1. The van der Waals surface area contributed by atoms with Crippen LogP contribution in [0.2, 0.25) is 0 Å². The van der Waals surface area contributed by atoms with Crippen LogP contribution in [0.4, 0.5) is 13.2 Å². The van der Waals surface area contributed by atoms with Gasteiger partial charge in [-0.1, -0.05) is 6.92 Å². The lowest BCUT2D eigenvalue weighted by Gasteiger charge is -2.27. The van der Waals surface area contributed by atoms with Gasteiger partial charge < -0.3 is 4.74 Å². The van der Waals surface area contributed by atoms with E-state index in [1.807, 2.05) is 0 Å². The topological polar surface area (TPSA) is 33.0 Å². The fraction of sp³-hybridized carbons (Fsp3) is 0.533. The molecule has 0 unspecified atom stereocenters. The molecule has 1 saturated carbocycles. The summed E-state index contributed by atoms with van der Waals surface area (Å²) in [4.78, 5) is 0. The first-order chi connectivity index (χ1) is 9.40. The Balaban J connectivity index is 2.12. The highest BCUT2D eigenvalue weighted by Gasteiger charge is 2.33. The number of ether oxygens (including phenoxy) is 1. The summed E-state index contributed by atoms with van der Waals surface area (Å²) in [5, 5.41) is 8.84. The highest BCUT2D eigenvalue weighted by molar-refractivity contribution is 5.44. The number of benzene rings is 1. The maximum atomic E-state index is 12.7. The number of nitriles is 1. The molecule has 0 atom stereocenters. The molecular weight excluding hydrogens is 267 g/mol. The summed E-state index contributed by atoms with van der Waals surface area (Å²) in [6, 6.07) is 4.98. The highest BCUT2D eigenvalue weighted by atomic mass is 19.4. The van der Waals surface area contributed by atoms with Gasteiger partial charge in [-0.2, -0.15) is 18.4 Å². The summed E-state index contributed by atoms with van der Waals surface area (Å²) in [7, 11) is 0. The fourth-order valence-corrected chi connectivity index (χ4v) is 2.48. The van der Waals surface area contributed by atoms with Gasteiger partial charge in [0.25, 0.3) is 0 Å². The molecule has 5 heteroatoms. The van der Waals surface area contributed by atoms with Crippen molar-refractivity contribution in [1.29, 1.82) is 5.26 Å². The van der Waals surface area contributed by atoms with E-state index in [9.17, 15) is 13.2 Å². The Morgan fingerprint density at radius 1 is 1.20 bits per heavy atom. The van der Waals surface area contributed by atoms with Gasteiger partial charge in [-0.3, -0.25) is 0 Å². The summed E-state index contributed by atoms with van der Waals surface area (Å²) in [5.41, 5.74) is -1.30. The molecule has 1 aromatic carbocycles. The van der Waals surface area contributed by atoms with E-state index in [1.54, 1.807) is 6.07 Å². The third-order valence-electron chi connectivity index (χ3n) is 3.68. The second-order valence-electron chi connectivity index (χ2n) is 5.32. The average molecular weight is 283 g/mol. The van der Waals surface area contributed by atoms with Crippen LogP contribution in [0, 0.1) is 17.2 Å². The summed E-state index contributed by atoms with van der Waals surface area (Å²) >= 11 is 0. The van der Waals surface area contributed by atoms with Crippen LogP contribution in [0.15, 0.2) is 18.2 Å². The number of alkyl halides is 3. The minimum atomic E-state index is -4.51. The van der Waals surface area contributed by atoms with Crippen LogP contribution in [0.1, 0.15) is 43.7 Å². The van der Waals surface area contributed by atoms with Gasteiger partial charge in [0.1, 0.15) is 5.75 Å². The SMILES string of the molecule is CC1CCC(Oc2ccc(C(F)(F)F)c(C#N)c2)CC1. The monoisotopic (exact) mass is 283 g/mol. The van der Waals surface area contributed by atoms with Crippen LogP contribution in [0.25, 0.3) is 0 Å². The molecule has 2 nitrogen and oxygen atoms in total. The van der Waals surface area contributed by atoms with E-state index in [0.29, 0.717) is 11.7 Å². The lowest BCUT2D eigenvalue weighted by Crippen LogP contribution is -2.23. The Labute approximate surface area is 116 Å². The van der Waals surface area contributed by atoms with Crippen molar-refractivity contribution in [2.45, 2.75) is 44.9 Å². The Bertz CT molecular complexity index is 511. The molecule has 0 heterocycles. The zero-order valence-electron chi connectivity index (χ0n) is 11.2. The molecule has 0 N–H and O–H groups in total. The van der Waals surface area contributed by atoms with E-state index in [1.165, 1.54) is 12.1 Å². The van der Waals surface area contributed by atoms with Crippen molar-refractivity contribution in [2.24, 2.45) is 5.92 Å². The first-order valence-corrected chi connectivity index (χ1v) is 6.68. The third kappa shape index (κ3) is 3.44. The standard InChI is InChI=1S/C15H16F3NO/c1-10-2-4-12(5-3-10)20-13-6-7-14(15(16,17)18)11(8-13)9-19/h6-8,10,12H,2-5H2,1H3. The van der Waals surface area contributed by atoms with Crippen LogP contribution < -0.4 is 4.74 Å². The van der Waals surface area contributed by atoms with Crippen molar-refractivity contribution in [3.8, 4) is 11.8 Å². The van der Waals surface area contributed by atoms with Gasteiger partial charge >= 0.3 is 6.18 Å². The van der Waals surface area contributed by atoms with Crippen molar-refractivity contribution < 1.29 is 17.9 Å². The molecule has 1 aliphatic rings. The van der Waals surface area contributed by atoms with Gasteiger partial charge in [-0.05, 0) is 49.8 Å². The molecule has 0 bridgehead atoms. The van der Waals surface area contributed by atoms with Gasteiger partial charge in [0.05, 0.1) is 23.3 Å². The van der Waals surface area contributed by atoms with Crippen molar-refractivity contribution in [2.75, 3.05) is 0 Å². The Morgan fingerprint density at radius 2 is 1.85 bits per heavy atom. The highest BCUT2D eigenvalue weighted by Crippen LogP contribution is 2.34. The van der Waals surface area contributed by atoms with Crippen molar-refractivity contribution in [1.82, 2.24) is 0 Å². The summed E-state index contributed by atoms with van der Waals surface area (Å²) < 4.78 is 43.7. The molecule has 0 radical (unpaired) electrons. The fourth-order valence-electron chi connectivity index (χ4n) is 2.48. The lowest BCUT2D eigenvalue weighted by molar-refractivity contribution is -0.137. The van der Waals surface area contributed by atoms with E-state index >= 15 is 0 Å². The number of halogens is 3. The van der Waals surface area contributed by atoms with Crippen LogP contribution in [0.3, 0.4) is 0 Å². The molecule has 108 valence electrons. The summed E-state index contributed by atoms with van der Waals surface area (Å²) in [6.07, 6.45) is -0.528. The van der Waals surface area contributed by atoms with Crippen LogP contribution in [-0.4, -0.2) is 6.10 Å². The Hall–Kier alpha value is -1.70. The molecule has 2 rings (SSSR count). The number of hydrogen-bond donors (Lipinski definition) is 0. The average Bonchev–Trinajstić information content (AvgIpc) is 2.40. The molecule has 1 fully saturated rings. The van der Waals surface area contributed by atoms with E-state index in [2.05, 4.69) is 6.92 Å². The first-order valence-electron chi connectivity index (χ1n) is 6.68. The quantitative estimate of drug-likeness (QED) is 0.798. The molecule has 1 aromatic rings. The van der Waals surface area contributed by atoms with Crippen molar-refractivity contribution >= 4 is 0 Å². The molecule has 20 heavy (non-hydrogen) atoms. The van der Waals surface area contributed by atoms with E-state index in [-0.39, 0.29) is 11.7 Å². The third-order valence-corrected chi connectivity index (χ3v) is 3.68. The van der Waals surface area contributed by atoms with Gasteiger partial charge in [0.15, 0.2) is 0 Å². The van der Waals surface area contributed by atoms with Gasteiger partial charge in [0, 0.05) is 0 Å². The minimum Gasteiger partial charge on any atom is -0.490 e. The second kappa shape index (κ2) is 5.74. The summed E-state index contributed by atoms with van der Waals surface area (Å²) in [6.45, 7) is 2.18. The lowest BCUT2D eigenvalue weighted by atomic mass is 9.89. The zero-order valence-corrected chi connectivity index (χ0v) is 11.2. The predicted octanol–water partition coefficient (Wildman–Crippen LogP) is 4.53. The van der Waals surface area contributed by atoms with Crippen molar-refractivity contribution in [3.05, 3.63) is 29.3 Å². The summed E-state index contributed by atoms with van der Waals surface area (Å²) in [5.74, 6) is 1.02. The van der Waals surface area contributed by atoms with Crippen LogP contribution in [-0.2, 0) is 6.18 Å². The first kappa shape index (κ1) is 14.7. The zero-order chi connectivity index (χ0) is 14.8. The van der Waals surface area contributed by atoms with Gasteiger partial charge in [-0.15, -0.1) is 0 Å². The molecule has 1 aliphatic carbocycles. The Kier molecular flexibility index (Phi) is 4.22. The molecule has 0 aliphatic heterocycles. The van der Waals surface area contributed by atoms with E-state index in [0.717, 1.165) is 31.7 Å². The molecule has 0 saturated heterocycles. The maximum absolute atomic E-state index is 12.7. The number of rotatable bonds is 2. The van der Waals surface area contributed by atoms with Gasteiger partial charge in [-0.25, -0.2) is 0 Å². The van der Waals surface area contributed by atoms with E-state index < -0.39 is 11.7 Å². The maximum Gasteiger partial charge on any atom is 0.417 e. The molecule has 0 spiro atoms. The van der Waals surface area contributed by atoms with Crippen LogP contribution >= 0.6 is 0 Å². The number of nitrogens with zero attached hydrogens (tertiary/aromatic N) is 1.